The summed E-state index contributed by atoms with van der Waals surface area (Å²) in [6.45, 7) is 14.4. The Morgan fingerprint density at radius 1 is 1.10 bits per heavy atom. The van der Waals surface area contributed by atoms with Crippen LogP contribution in [0.5, 0.6) is 0 Å². The summed E-state index contributed by atoms with van der Waals surface area (Å²) in [6, 6.07) is 7.07. The molecule has 8 heteroatoms. The molecule has 2 N–H and O–H groups in total. The molecule has 7 nitrogen and oxygen atoms in total. The standard InChI is InChI=1S/C23H34FN5O2/c1-8-12-28(21(31)25-17-11-9-10-16(24)13-17)15-20(30)26-19-14-18(22(2,3)4)27-29(19)23(5,6)7/h9-11,13-14H,8,12,15H2,1-7H3,(H,25,31)(H,26,30). The van der Waals surface area contributed by atoms with Gasteiger partial charge in [0.25, 0.3) is 0 Å². The Hall–Kier alpha value is -2.90. The summed E-state index contributed by atoms with van der Waals surface area (Å²) in [7, 11) is 0. The van der Waals surface area contributed by atoms with Crippen LogP contribution in [0.15, 0.2) is 30.3 Å². The van der Waals surface area contributed by atoms with Gasteiger partial charge in [-0.3, -0.25) is 4.79 Å². The number of hydrogen-bond acceptors (Lipinski definition) is 3. The van der Waals surface area contributed by atoms with Crippen molar-refractivity contribution in [3.05, 3.63) is 41.8 Å². The van der Waals surface area contributed by atoms with Crippen molar-refractivity contribution < 1.29 is 14.0 Å². The lowest BCUT2D eigenvalue weighted by Gasteiger charge is -2.24. The second-order valence-electron chi connectivity index (χ2n) is 9.66. The van der Waals surface area contributed by atoms with E-state index in [1.54, 1.807) is 10.7 Å². The summed E-state index contributed by atoms with van der Waals surface area (Å²) < 4.78 is 15.2. The molecule has 0 aliphatic heterocycles. The Kier molecular flexibility index (Phi) is 7.46. The molecule has 170 valence electrons. The molecule has 0 atom stereocenters. The fourth-order valence-corrected chi connectivity index (χ4v) is 2.99. The van der Waals surface area contributed by atoms with E-state index >= 15 is 0 Å². The number of halogens is 1. The molecule has 3 amide bonds. The van der Waals surface area contributed by atoms with E-state index in [1.165, 1.54) is 23.1 Å². The SMILES string of the molecule is CCCN(CC(=O)Nc1cc(C(C)(C)C)nn1C(C)(C)C)C(=O)Nc1cccc(F)c1. The number of benzene rings is 1. The first-order chi connectivity index (χ1) is 14.3. The van der Waals surface area contributed by atoms with Crippen LogP contribution in [0.1, 0.15) is 60.6 Å². The molecule has 0 aliphatic rings. The molecule has 0 unspecified atom stereocenters. The van der Waals surface area contributed by atoms with Gasteiger partial charge in [-0.1, -0.05) is 33.8 Å². The predicted molar refractivity (Wildman–Crippen MR) is 122 cm³/mol. The normalized spacial score (nSPS) is 11.9. The lowest BCUT2D eigenvalue weighted by molar-refractivity contribution is -0.116. The van der Waals surface area contributed by atoms with Crippen molar-refractivity contribution in [2.45, 2.75) is 65.8 Å². The number of nitrogens with zero attached hydrogens (tertiary/aromatic N) is 3. The molecular weight excluding hydrogens is 397 g/mol. The topological polar surface area (TPSA) is 79.3 Å². The Bertz CT molecular complexity index is 925. The largest absolute Gasteiger partial charge is 0.322 e. The van der Waals surface area contributed by atoms with E-state index < -0.39 is 11.8 Å². The van der Waals surface area contributed by atoms with Crippen molar-refractivity contribution in [3.63, 3.8) is 0 Å². The number of rotatable bonds is 6. The van der Waals surface area contributed by atoms with Crippen LogP contribution in [-0.4, -0.2) is 39.7 Å². The van der Waals surface area contributed by atoms with E-state index in [9.17, 15) is 14.0 Å². The summed E-state index contributed by atoms with van der Waals surface area (Å²) in [5.41, 5.74) is 0.707. The van der Waals surface area contributed by atoms with Gasteiger partial charge in [-0.25, -0.2) is 13.9 Å². The Labute approximate surface area is 184 Å². The van der Waals surface area contributed by atoms with Crippen molar-refractivity contribution in [1.29, 1.82) is 0 Å². The Morgan fingerprint density at radius 3 is 2.32 bits per heavy atom. The van der Waals surface area contributed by atoms with Crippen LogP contribution >= 0.6 is 0 Å². The molecular formula is C23H34FN5O2. The van der Waals surface area contributed by atoms with Crippen LogP contribution in [0, 0.1) is 5.82 Å². The molecule has 0 radical (unpaired) electrons. The number of amides is 3. The lowest BCUT2D eigenvalue weighted by atomic mass is 9.92. The molecule has 0 saturated carbocycles. The van der Waals surface area contributed by atoms with Crippen LogP contribution in [0.25, 0.3) is 0 Å². The molecule has 1 aromatic heterocycles. The number of anilines is 2. The number of urea groups is 1. The Morgan fingerprint density at radius 2 is 1.77 bits per heavy atom. The second kappa shape index (κ2) is 9.49. The number of carbonyl (C=O) groups excluding carboxylic acids is 2. The molecule has 1 heterocycles. The van der Waals surface area contributed by atoms with Crippen molar-refractivity contribution in [2.24, 2.45) is 0 Å². The number of hydrogen-bond donors (Lipinski definition) is 2. The third-order valence-corrected chi connectivity index (χ3v) is 4.57. The lowest BCUT2D eigenvalue weighted by Crippen LogP contribution is -2.41. The average molecular weight is 432 g/mol. The highest BCUT2D eigenvalue weighted by Gasteiger charge is 2.26. The second-order valence-corrected chi connectivity index (χ2v) is 9.66. The van der Waals surface area contributed by atoms with E-state index in [0.29, 0.717) is 24.5 Å². The van der Waals surface area contributed by atoms with E-state index in [-0.39, 0.29) is 23.4 Å². The molecule has 2 rings (SSSR count). The first kappa shape index (κ1) is 24.4. The maximum Gasteiger partial charge on any atom is 0.322 e. The third kappa shape index (κ3) is 6.80. The van der Waals surface area contributed by atoms with Crippen molar-refractivity contribution in [1.82, 2.24) is 14.7 Å². The summed E-state index contributed by atoms with van der Waals surface area (Å²) in [4.78, 5) is 26.9. The zero-order chi connectivity index (χ0) is 23.4. The molecule has 0 saturated heterocycles. The van der Waals surface area contributed by atoms with E-state index in [2.05, 4.69) is 31.4 Å². The highest BCUT2D eigenvalue weighted by molar-refractivity contribution is 5.96. The van der Waals surface area contributed by atoms with E-state index in [1.807, 2.05) is 33.8 Å². The molecule has 0 fully saturated rings. The zero-order valence-corrected chi connectivity index (χ0v) is 19.5. The molecule has 2 aromatic rings. The van der Waals surface area contributed by atoms with E-state index in [0.717, 1.165) is 5.69 Å². The van der Waals surface area contributed by atoms with Crippen LogP contribution in [0.3, 0.4) is 0 Å². The summed E-state index contributed by atoms with van der Waals surface area (Å²) >= 11 is 0. The minimum absolute atomic E-state index is 0.130. The van der Waals surface area contributed by atoms with Gasteiger partial charge in [-0.2, -0.15) is 5.10 Å². The summed E-state index contributed by atoms with van der Waals surface area (Å²) in [5, 5.41) is 10.2. The van der Waals surface area contributed by atoms with Gasteiger partial charge in [0.15, 0.2) is 0 Å². The van der Waals surface area contributed by atoms with Crippen LogP contribution in [-0.2, 0) is 15.7 Å². The molecule has 0 aliphatic carbocycles. The minimum atomic E-state index is -0.456. The number of aromatic nitrogens is 2. The van der Waals surface area contributed by atoms with E-state index in [4.69, 9.17) is 5.10 Å². The monoisotopic (exact) mass is 431 g/mol. The first-order valence-electron chi connectivity index (χ1n) is 10.5. The quantitative estimate of drug-likeness (QED) is 0.679. The van der Waals surface area contributed by atoms with Crippen LogP contribution in [0.4, 0.5) is 20.7 Å². The number of carbonyl (C=O) groups is 2. The fraction of sp³-hybridized carbons (Fsp3) is 0.522. The summed E-state index contributed by atoms with van der Waals surface area (Å²) in [6.07, 6.45) is 0.679. The fourth-order valence-electron chi connectivity index (χ4n) is 2.99. The smallest absolute Gasteiger partial charge is 0.315 e. The van der Waals surface area contributed by atoms with Crippen LogP contribution in [0.2, 0.25) is 0 Å². The van der Waals surface area contributed by atoms with Crippen molar-refractivity contribution in [3.8, 4) is 0 Å². The predicted octanol–water partition coefficient (Wildman–Crippen LogP) is 4.96. The van der Waals surface area contributed by atoms with Crippen LogP contribution < -0.4 is 10.6 Å². The molecule has 0 spiro atoms. The van der Waals surface area contributed by atoms with Crippen molar-refractivity contribution in [2.75, 3.05) is 23.7 Å². The average Bonchev–Trinajstić information content (AvgIpc) is 3.06. The summed E-state index contributed by atoms with van der Waals surface area (Å²) in [5.74, 6) is -0.180. The number of nitrogens with one attached hydrogen (secondary N) is 2. The zero-order valence-electron chi connectivity index (χ0n) is 19.5. The highest BCUT2D eigenvalue weighted by atomic mass is 19.1. The third-order valence-electron chi connectivity index (χ3n) is 4.57. The van der Waals surface area contributed by atoms with Gasteiger partial charge in [0.2, 0.25) is 5.91 Å². The maximum atomic E-state index is 13.4. The molecule has 1 aromatic carbocycles. The van der Waals surface area contributed by atoms with Gasteiger partial charge < -0.3 is 15.5 Å². The minimum Gasteiger partial charge on any atom is -0.315 e. The van der Waals surface area contributed by atoms with Gasteiger partial charge >= 0.3 is 6.03 Å². The van der Waals surface area contributed by atoms with Gasteiger partial charge in [0.05, 0.1) is 11.2 Å². The maximum absolute atomic E-state index is 13.4. The van der Waals surface area contributed by atoms with Gasteiger partial charge in [-0.15, -0.1) is 0 Å². The van der Waals surface area contributed by atoms with Crippen molar-refractivity contribution >= 4 is 23.4 Å². The van der Waals surface area contributed by atoms with Gasteiger partial charge in [-0.05, 0) is 45.4 Å². The van der Waals surface area contributed by atoms with Gasteiger partial charge in [0, 0.05) is 23.7 Å². The highest BCUT2D eigenvalue weighted by Crippen LogP contribution is 2.28. The molecule has 0 bridgehead atoms. The Balaban J connectivity index is 2.16. The first-order valence-corrected chi connectivity index (χ1v) is 10.5. The molecule has 31 heavy (non-hydrogen) atoms. The van der Waals surface area contributed by atoms with Gasteiger partial charge in [0.1, 0.15) is 18.2 Å².